The van der Waals surface area contributed by atoms with E-state index in [0.29, 0.717) is 38.0 Å². The van der Waals surface area contributed by atoms with E-state index in [1.807, 2.05) is 42.2 Å². The minimum Gasteiger partial charge on any atom is -0.382 e. The van der Waals surface area contributed by atoms with Gasteiger partial charge in [-0.1, -0.05) is 48.3 Å². The summed E-state index contributed by atoms with van der Waals surface area (Å²) in [5.74, 6) is 1.08. The molecule has 0 radical (unpaired) electrons. The summed E-state index contributed by atoms with van der Waals surface area (Å²) in [4.78, 5) is 19.2. The average Bonchev–Trinajstić information content (AvgIpc) is 3.06. The summed E-state index contributed by atoms with van der Waals surface area (Å²) in [6, 6.07) is 9.49. The molecule has 3 rings (SSSR count). The van der Waals surface area contributed by atoms with E-state index in [1.165, 1.54) is 0 Å². The van der Waals surface area contributed by atoms with Gasteiger partial charge in [0.1, 0.15) is 6.04 Å². The van der Waals surface area contributed by atoms with E-state index in [-0.39, 0.29) is 12.1 Å². The van der Waals surface area contributed by atoms with Crippen molar-refractivity contribution in [2.75, 3.05) is 26.3 Å². The third-order valence-electron chi connectivity index (χ3n) is 4.72. The molecule has 1 unspecified atom stereocenters. The van der Waals surface area contributed by atoms with Gasteiger partial charge in [0.2, 0.25) is 11.7 Å². The lowest BCUT2D eigenvalue weighted by Gasteiger charge is -2.27. The molecule has 1 aromatic carbocycles. The Labute approximate surface area is 160 Å². The number of urea groups is 1. The summed E-state index contributed by atoms with van der Waals surface area (Å²) in [6.45, 7) is 4.62. The molecule has 146 valence electrons. The number of likely N-dealkylation sites (tertiary alicyclic amines) is 1. The van der Waals surface area contributed by atoms with Gasteiger partial charge in [0.25, 0.3) is 0 Å². The topological polar surface area (TPSA) is 80.5 Å². The maximum Gasteiger partial charge on any atom is 0.318 e. The van der Waals surface area contributed by atoms with Gasteiger partial charge in [0.05, 0.1) is 0 Å². The largest absolute Gasteiger partial charge is 0.382 e. The predicted octanol–water partition coefficient (Wildman–Crippen LogP) is 3.79. The van der Waals surface area contributed by atoms with Gasteiger partial charge in [0, 0.05) is 31.9 Å². The lowest BCUT2D eigenvalue weighted by Crippen LogP contribution is -2.42. The Bertz CT molecular complexity index is 704. The zero-order valence-corrected chi connectivity index (χ0v) is 15.9. The van der Waals surface area contributed by atoms with Crippen molar-refractivity contribution >= 4 is 6.03 Å². The molecule has 0 bridgehead atoms. The molecule has 1 atom stereocenters. The summed E-state index contributed by atoms with van der Waals surface area (Å²) in [7, 11) is 0. The quantitative estimate of drug-likeness (QED) is 0.748. The van der Waals surface area contributed by atoms with E-state index >= 15 is 0 Å². The molecular weight excluding hydrogens is 344 g/mol. The van der Waals surface area contributed by atoms with Crippen LogP contribution >= 0.6 is 0 Å². The summed E-state index contributed by atoms with van der Waals surface area (Å²) >= 11 is 0. The van der Waals surface area contributed by atoms with Gasteiger partial charge in [-0.3, -0.25) is 0 Å². The van der Waals surface area contributed by atoms with Gasteiger partial charge in [-0.25, -0.2) is 4.79 Å². The number of nitrogens with one attached hydrogen (secondary N) is 1. The lowest BCUT2D eigenvalue weighted by atomic mass is 10.1. The molecule has 27 heavy (non-hydrogen) atoms. The van der Waals surface area contributed by atoms with Crippen molar-refractivity contribution in [1.82, 2.24) is 20.4 Å². The van der Waals surface area contributed by atoms with Crippen LogP contribution in [0.25, 0.3) is 11.4 Å². The second-order valence-corrected chi connectivity index (χ2v) is 6.66. The van der Waals surface area contributed by atoms with E-state index < -0.39 is 0 Å². The first-order valence-corrected chi connectivity index (χ1v) is 9.81. The maximum atomic E-state index is 12.7. The molecule has 2 aromatic rings. The van der Waals surface area contributed by atoms with Crippen LogP contribution in [0.5, 0.6) is 0 Å². The number of hydrogen-bond acceptors (Lipinski definition) is 5. The van der Waals surface area contributed by atoms with E-state index in [2.05, 4.69) is 15.5 Å². The third kappa shape index (κ3) is 5.29. The van der Waals surface area contributed by atoms with Crippen molar-refractivity contribution < 1.29 is 14.1 Å². The van der Waals surface area contributed by atoms with Crippen molar-refractivity contribution in [3.63, 3.8) is 0 Å². The van der Waals surface area contributed by atoms with Crippen LogP contribution in [0.15, 0.2) is 34.9 Å². The fourth-order valence-electron chi connectivity index (χ4n) is 3.30. The van der Waals surface area contributed by atoms with E-state index in [9.17, 15) is 4.79 Å². The average molecular weight is 372 g/mol. The molecule has 1 saturated heterocycles. The monoisotopic (exact) mass is 372 g/mol. The lowest BCUT2D eigenvalue weighted by molar-refractivity contribution is 0.140. The first-order valence-electron chi connectivity index (χ1n) is 9.81. The number of rotatable bonds is 7. The maximum absolute atomic E-state index is 12.7. The minimum absolute atomic E-state index is 0.0714. The zero-order chi connectivity index (χ0) is 18.9. The van der Waals surface area contributed by atoms with E-state index in [0.717, 1.165) is 37.7 Å². The number of amides is 2. The molecule has 1 N–H and O–H groups in total. The van der Waals surface area contributed by atoms with Crippen molar-refractivity contribution in [2.45, 2.75) is 45.1 Å². The molecule has 7 nitrogen and oxygen atoms in total. The molecule has 0 spiro atoms. The number of ether oxygens (including phenoxy) is 1. The van der Waals surface area contributed by atoms with Gasteiger partial charge >= 0.3 is 6.03 Å². The van der Waals surface area contributed by atoms with Crippen molar-refractivity contribution in [1.29, 1.82) is 0 Å². The third-order valence-corrected chi connectivity index (χ3v) is 4.72. The van der Waals surface area contributed by atoms with Crippen molar-refractivity contribution in [3.05, 3.63) is 36.2 Å². The molecule has 2 amide bonds. The molecule has 1 aliphatic heterocycles. The molecule has 2 heterocycles. The number of nitrogens with zero attached hydrogens (tertiary/aromatic N) is 3. The Hall–Kier alpha value is -2.41. The Morgan fingerprint density at radius 2 is 2.15 bits per heavy atom. The molecule has 1 aliphatic rings. The number of benzene rings is 1. The normalized spacial score (nSPS) is 17.5. The highest BCUT2D eigenvalue weighted by molar-refractivity contribution is 5.74. The van der Waals surface area contributed by atoms with E-state index in [1.54, 1.807) is 0 Å². The second kappa shape index (κ2) is 10.1. The SMILES string of the molecule is CCOCCCNC(=O)N1CCCCCC1c1nc(-c2ccccc2)no1. The van der Waals surface area contributed by atoms with Crippen LogP contribution in [0.3, 0.4) is 0 Å². The van der Waals surface area contributed by atoms with Crippen LogP contribution in [0.4, 0.5) is 4.79 Å². The summed E-state index contributed by atoms with van der Waals surface area (Å²) in [5, 5.41) is 7.12. The van der Waals surface area contributed by atoms with Crippen LogP contribution in [-0.4, -0.2) is 47.4 Å². The summed E-state index contributed by atoms with van der Waals surface area (Å²) in [6.07, 6.45) is 4.77. The van der Waals surface area contributed by atoms with Crippen LogP contribution in [-0.2, 0) is 4.74 Å². The Morgan fingerprint density at radius 1 is 1.30 bits per heavy atom. The van der Waals surface area contributed by atoms with Crippen LogP contribution < -0.4 is 5.32 Å². The van der Waals surface area contributed by atoms with Crippen molar-refractivity contribution in [2.24, 2.45) is 0 Å². The molecule has 0 saturated carbocycles. The Morgan fingerprint density at radius 3 is 2.96 bits per heavy atom. The molecular formula is C20H28N4O3. The van der Waals surface area contributed by atoms with E-state index in [4.69, 9.17) is 9.26 Å². The number of hydrogen-bond donors (Lipinski definition) is 1. The van der Waals surface area contributed by atoms with Gasteiger partial charge in [-0.2, -0.15) is 4.98 Å². The zero-order valence-electron chi connectivity index (χ0n) is 15.9. The Balaban J connectivity index is 1.67. The molecule has 0 aliphatic carbocycles. The molecule has 1 aromatic heterocycles. The number of aromatic nitrogens is 2. The van der Waals surface area contributed by atoms with Gasteiger partial charge in [-0.05, 0) is 26.2 Å². The first-order chi connectivity index (χ1) is 13.3. The number of carbonyl (C=O) groups excluding carboxylic acids is 1. The highest BCUT2D eigenvalue weighted by atomic mass is 16.5. The van der Waals surface area contributed by atoms with Gasteiger partial charge < -0.3 is 19.5 Å². The second-order valence-electron chi connectivity index (χ2n) is 6.66. The summed E-state index contributed by atoms with van der Waals surface area (Å²) in [5.41, 5.74) is 0.910. The standard InChI is InChI=1S/C20H28N4O3/c1-2-26-15-9-13-21-20(25)24-14-8-4-7-12-17(24)19-22-18(23-27-19)16-10-5-3-6-11-16/h3,5-6,10-11,17H,2,4,7-9,12-15H2,1H3,(H,21,25). The fourth-order valence-corrected chi connectivity index (χ4v) is 3.30. The van der Waals surface area contributed by atoms with Crippen molar-refractivity contribution in [3.8, 4) is 11.4 Å². The first kappa shape index (κ1) is 19.4. The van der Waals surface area contributed by atoms with Crippen LogP contribution in [0.1, 0.15) is 51.0 Å². The van der Waals surface area contributed by atoms with Gasteiger partial charge in [0.15, 0.2) is 0 Å². The highest BCUT2D eigenvalue weighted by Crippen LogP contribution is 2.30. The molecule has 7 heteroatoms. The smallest absolute Gasteiger partial charge is 0.318 e. The number of carbonyl (C=O) groups is 1. The van der Waals surface area contributed by atoms with Gasteiger partial charge in [-0.15, -0.1) is 0 Å². The molecule has 1 fully saturated rings. The Kier molecular flexibility index (Phi) is 7.21. The van der Waals surface area contributed by atoms with Crippen LogP contribution in [0, 0.1) is 0 Å². The summed E-state index contributed by atoms with van der Waals surface area (Å²) < 4.78 is 10.9. The van der Waals surface area contributed by atoms with Crippen LogP contribution in [0.2, 0.25) is 0 Å². The highest BCUT2D eigenvalue weighted by Gasteiger charge is 2.31. The predicted molar refractivity (Wildman–Crippen MR) is 102 cm³/mol. The minimum atomic E-state index is -0.177. The fraction of sp³-hybridized carbons (Fsp3) is 0.550.